The lowest BCUT2D eigenvalue weighted by Gasteiger charge is -2.29. The highest BCUT2D eigenvalue weighted by molar-refractivity contribution is 7.26. The molecule has 0 aliphatic rings. The van der Waals surface area contributed by atoms with Crippen LogP contribution in [0.15, 0.2) is 279 Å². The number of aromatic nitrogens is 2. The van der Waals surface area contributed by atoms with Crippen LogP contribution in [0.25, 0.3) is 139 Å². The van der Waals surface area contributed by atoms with E-state index in [1.807, 2.05) is 22.7 Å². The molecular formula is C78H46N4S2. The molecule has 0 unspecified atom stereocenters. The van der Waals surface area contributed by atoms with Crippen LogP contribution in [0.3, 0.4) is 0 Å². The highest BCUT2D eigenvalue weighted by atomic mass is 32.1. The molecule has 0 radical (unpaired) electrons. The van der Waals surface area contributed by atoms with Crippen molar-refractivity contribution in [2.24, 2.45) is 0 Å². The normalized spacial score (nSPS) is 12.3. The van der Waals surface area contributed by atoms with E-state index in [4.69, 9.17) is 0 Å². The third kappa shape index (κ3) is 6.30. The minimum absolute atomic E-state index is 1.11. The van der Waals surface area contributed by atoms with Gasteiger partial charge in [0.1, 0.15) is 0 Å². The van der Waals surface area contributed by atoms with Crippen LogP contribution in [0.2, 0.25) is 0 Å². The molecule has 0 N–H and O–H groups in total. The average molecular weight is 1100 g/mol. The number of anilines is 6. The Bertz CT molecular complexity index is 5490. The van der Waals surface area contributed by atoms with E-state index in [9.17, 15) is 0 Å². The number of hydrogen-bond donors (Lipinski definition) is 0. The third-order valence-electron chi connectivity index (χ3n) is 17.9. The van der Waals surface area contributed by atoms with E-state index < -0.39 is 0 Å². The van der Waals surface area contributed by atoms with Crippen molar-refractivity contribution in [1.29, 1.82) is 0 Å². The van der Waals surface area contributed by atoms with Gasteiger partial charge in [0.15, 0.2) is 0 Å². The fraction of sp³-hybridized carbons (Fsp3) is 0. The van der Waals surface area contributed by atoms with E-state index >= 15 is 0 Å². The molecule has 19 aromatic rings. The van der Waals surface area contributed by atoms with Gasteiger partial charge in [-0.05, 0) is 96.1 Å². The Morgan fingerprint density at radius 1 is 0.250 bits per heavy atom. The Hall–Kier alpha value is -10.5. The van der Waals surface area contributed by atoms with Crippen LogP contribution in [0.4, 0.5) is 34.1 Å². The van der Waals surface area contributed by atoms with E-state index in [-0.39, 0.29) is 0 Å². The maximum Gasteiger partial charge on any atom is 0.0641 e. The fourth-order valence-electron chi connectivity index (χ4n) is 14.5. The van der Waals surface area contributed by atoms with Gasteiger partial charge in [-0.2, -0.15) is 0 Å². The largest absolute Gasteiger partial charge is 0.309 e. The summed E-state index contributed by atoms with van der Waals surface area (Å²) in [6.45, 7) is 0. The van der Waals surface area contributed by atoms with Gasteiger partial charge in [-0.3, -0.25) is 0 Å². The summed E-state index contributed by atoms with van der Waals surface area (Å²) in [7, 11) is 0. The van der Waals surface area contributed by atoms with Crippen LogP contribution in [0.1, 0.15) is 0 Å². The molecule has 13 aromatic carbocycles. The number of fused-ring (bicyclic) bond motifs is 18. The quantitative estimate of drug-likeness (QED) is 0.151. The van der Waals surface area contributed by atoms with E-state index in [2.05, 4.69) is 298 Å². The molecule has 0 saturated carbocycles. The van der Waals surface area contributed by atoms with Crippen molar-refractivity contribution in [1.82, 2.24) is 8.80 Å². The van der Waals surface area contributed by atoms with Gasteiger partial charge in [0.25, 0.3) is 0 Å². The van der Waals surface area contributed by atoms with Crippen LogP contribution in [-0.2, 0) is 0 Å². The molecule has 6 heteroatoms. The Morgan fingerprint density at radius 2 is 0.595 bits per heavy atom. The number of hydrogen-bond acceptors (Lipinski definition) is 4. The van der Waals surface area contributed by atoms with Crippen LogP contribution in [0.5, 0.6) is 0 Å². The molecule has 0 saturated heterocycles. The van der Waals surface area contributed by atoms with E-state index in [1.54, 1.807) is 0 Å². The Morgan fingerprint density at radius 3 is 1.02 bits per heavy atom. The topological polar surface area (TPSA) is 15.3 Å². The van der Waals surface area contributed by atoms with E-state index in [1.165, 1.54) is 139 Å². The first kappa shape index (κ1) is 46.1. The van der Waals surface area contributed by atoms with Gasteiger partial charge in [-0.25, -0.2) is 0 Å². The van der Waals surface area contributed by atoms with Crippen molar-refractivity contribution in [3.8, 4) is 22.3 Å². The number of para-hydroxylation sites is 4. The maximum atomic E-state index is 2.57. The molecule has 0 aliphatic heterocycles. The van der Waals surface area contributed by atoms with Crippen LogP contribution < -0.4 is 9.80 Å². The van der Waals surface area contributed by atoms with Gasteiger partial charge in [-0.1, -0.05) is 194 Å². The molecule has 4 nitrogen and oxygen atoms in total. The fourth-order valence-corrected chi connectivity index (χ4v) is 17.0. The molecule has 19 rings (SSSR count). The average Bonchev–Trinajstić information content (AvgIpc) is 1.68. The summed E-state index contributed by atoms with van der Waals surface area (Å²) in [5, 5.41) is 15.0. The first-order valence-electron chi connectivity index (χ1n) is 28.7. The van der Waals surface area contributed by atoms with E-state index in [0.29, 0.717) is 0 Å². The third-order valence-corrected chi connectivity index (χ3v) is 20.3. The summed E-state index contributed by atoms with van der Waals surface area (Å²) >= 11 is 3.78. The zero-order valence-electron chi connectivity index (χ0n) is 45.2. The second-order valence-electron chi connectivity index (χ2n) is 22.2. The molecule has 6 heterocycles. The Kier molecular flexibility index (Phi) is 9.62. The van der Waals surface area contributed by atoms with Crippen molar-refractivity contribution in [3.63, 3.8) is 0 Å². The number of nitrogens with zero attached hydrogens (tertiary/aromatic N) is 4. The lowest BCUT2D eigenvalue weighted by molar-refractivity contribution is 1.31. The summed E-state index contributed by atoms with van der Waals surface area (Å²) in [6.07, 6.45) is 0. The maximum absolute atomic E-state index is 2.57. The van der Waals surface area contributed by atoms with Gasteiger partial charge in [0.2, 0.25) is 0 Å². The number of thiophene rings is 2. The van der Waals surface area contributed by atoms with Crippen molar-refractivity contribution in [2.75, 3.05) is 9.80 Å². The second kappa shape index (κ2) is 17.5. The van der Waals surface area contributed by atoms with Crippen molar-refractivity contribution < 1.29 is 0 Å². The van der Waals surface area contributed by atoms with E-state index in [0.717, 1.165) is 34.1 Å². The Balaban J connectivity index is 0.879. The lowest BCUT2D eigenvalue weighted by atomic mass is 9.97. The number of benzene rings is 13. The zero-order valence-corrected chi connectivity index (χ0v) is 46.8. The molecular weight excluding hydrogens is 1060 g/mol. The molecule has 0 atom stereocenters. The van der Waals surface area contributed by atoms with Gasteiger partial charge in [0.05, 0.1) is 55.8 Å². The summed E-state index contributed by atoms with van der Waals surface area (Å²) < 4.78 is 10.3. The van der Waals surface area contributed by atoms with Crippen molar-refractivity contribution in [2.45, 2.75) is 0 Å². The zero-order chi connectivity index (χ0) is 54.7. The van der Waals surface area contributed by atoms with Gasteiger partial charge < -0.3 is 18.6 Å². The molecule has 0 fully saturated rings. The van der Waals surface area contributed by atoms with Crippen LogP contribution >= 0.6 is 22.7 Å². The Labute approximate surface area is 490 Å². The molecule has 390 valence electrons. The number of rotatable bonds is 8. The predicted octanol–water partition coefficient (Wildman–Crippen LogP) is 23.0. The molecule has 0 bridgehead atoms. The summed E-state index contributed by atoms with van der Waals surface area (Å²) in [6, 6.07) is 104. The standard InChI is InChI=1S/C78H46N4S2/c1-5-21-47(22-6-1)71-63(43-39-55-51-29-15-19-35-69(51)83-77(55)71)79(49-25-9-3-10-26-49)65-41-37-53-59-45-68-60(46-67(59)81-61-33-17-13-31-57(61)73(65)75(53)81)54-38-42-66(74-58-32-14-18-34-62(58)82(68)76(54)74)80(50-27-11-4-12-28-50)64-44-40-56-52-30-16-20-36-70(52)84-78(56)72(64)48-23-7-2-8-24-48/h1-46H. The first-order chi connectivity index (χ1) is 41.7. The minimum atomic E-state index is 1.11. The van der Waals surface area contributed by atoms with Crippen molar-refractivity contribution in [3.05, 3.63) is 279 Å². The summed E-state index contributed by atoms with van der Waals surface area (Å²) in [4.78, 5) is 5.06. The molecule has 84 heavy (non-hydrogen) atoms. The molecule has 0 spiro atoms. The first-order valence-corrected chi connectivity index (χ1v) is 30.4. The van der Waals surface area contributed by atoms with Gasteiger partial charge in [0, 0.05) is 106 Å². The predicted molar refractivity (Wildman–Crippen MR) is 362 cm³/mol. The lowest BCUT2D eigenvalue weighted by Crippen LogP contribution is -2.11. The SMILES string of the molecule is c1ccc(-c2c(N(c3ccccc3)c3ccc4c5cc6c(cc5n5c7ccccc7c3c45)c3ccc(N(c4ccccc4)c4ccc5c(sc7ccccc75)c4-c4ccccc4)c4c5ccccc5n6c34)ccc3c2sc2ccccc23)cc1. The van der Waals surface area contributed by atoms with Crippen molar-refractivity contribution >= 4 is 173 Å². The highest BCUT2D eigenvalue weighted by Crippen LogP contribution is 2.55. The van der Waals surface area contributed by atoms with Gasteiger partial charge >= 0.3 is 0 Å². The smallest absolute Gasteiger partial charge is 0.0641 e. The molecule has 0 aliphatic carbocycles. The van der Waals surface area contributed by atoms with Crippen LogP contribution in [0, 0.1) is 0 Å². The summed E-state index contributed by atoms with van der Waals surface area (Å²) in [5.41, 5.74) is 19.0. The highest BCUT2D eigenvalue weighted by Gasteiger charge is 2.31. The molecule has 0 amide bonds. The summed E-state index contributed by atoms with van der Waals surface area (Å²) in [5.74, 6) is 0. The molecule has 6 aromatic heterocycles. The second-order valence-corrected chi connectivity index (χ2v) is 24.4. The van der Waals surface area contributed by atoms with Crippen LogP contribution in [-0.4, -0.2) is 8.80 Å². The monoisotopic (exact) mass is 1100 g/mol. The van der Waals surface area contributed by atoms with Gasteiger partial charge in [-0.15, -0.1) is 22.7 Å². The minimum Gasteiger partial charge on any atom is -0.309 e.